The summed E-state index contributed by atoms with van der Waals surface area (Å²) in [6.45, 7) is 7.16. The fourth-order valence-electron chi connectivity index (χ4n) is 2.03. The Labute approximate surface area is 158 Å². The highest BCUT2D eigenvalue weighted by molar-refractivity contribution is 5.75. The van der Waals surface area contributed by atoms with Gasteiger partial charge in [-0.1, -0.05) is 0 Å². The lowest BCUT2D eigenvalue weighted by Crippen LogP contribution is -2.23. The minimum Gasteiger partial charge on any atom is -0.504 e. The molecule has 0 amide bonds. The van der Waals surface area contributed by atoms with Gasteiger partial charge in [0.05, 0.1) is 18.6 Å². The maximum Gasteiger partial charge on any atom is 0.382 e. The molecular weight excluding hydrogens is 356 g/mol. The first-order valence-corrected chi connectivity index (χ1v) is 8.96. The van der Waals surface area contributed by atoms with Gasteiger partial charge in [0.1, 0.15) is 12.4 Å². The summed E-state index contributed by atoms with van der Waals surface area (Å²) in [7, 11) is 0. The Bertz CT molecular complexity index is 684. The quantitative estimate of drug-likeness (QED) is 0.484. The molecule has 0 aliphatic heterocycles. The molecular formula is C19H28O8. The van der Waals surface area contributed by atoms with Crippen molar-refractivity contribution in [2.75, 3.05) is 13.2 Å². The molecule has 1 aromatic rings. The maximum absolute atomic E-state index is 11.9. The van der Waals surface area contributed by atoms with Crippen molar-refractivity contribution in [3.05, 3.63) is 22.2 Å². The SMILES string of the molecule is CCOC(=O)CCCCCOc1c(O)cc(COC(=O)C(C)(C)C)oc1=O. The number of aromatic hydroxyl groups is 1. The van der Waals surface area contributed by atoms with Crippen LogP contribution in [0.2, 0.25) is 0 Å². The molecule has 8 heteroatoms. The molecule has 1 aromatic heterocycles. The molecule has 0 aliphatic rings. The van der Waals surface area contributed by atoms with Crippen LogP contribution in [0.5, 0.6) is 11.5 Å². The molecule has 0 aliphatic carbocycles. The highest BCUT2D eigenvalue weighted by Gasteiger charge is 2.23. The summed E-state index contributed by atoms with van der Waals surface area (Å²) in [5.41, 5.74) is -1.53. The van der Waals surface area contributed by atoms with Gasteiger partial charge >= 0.3 is 17.6 Å². The van der Waals surface area contributed by atoms with Crippen molar-refractivity contribution in [2.24, 2.45) is 5.41 Å². The minimum atomic E-state index is -0.844. The molecule has 0 radical (unpaired) electrons. The summed E-state index contributed by atoms with van der Waals surface area (Å²) in [6.07, 6.45) is 2.30. The van der Waals surface area contributed by atoms with Crippen molar-refractivity contribution in [1.29, 1.82) is 0 Å². The van der Waals surface area contributed by atoms with Gasteiger partial charge in [0.2, 0.25) is 5.75 Å². The van der Waals surface area contributed by atoms with Crippen LogP contribution in [0.15, 0.2) is 15.3 Å². The van der Waals surface area contributed by atoms with Crippen LogP contribution in [0.25, 0.3) is 0 Å². The largest absolute Gasteiger partial charge is 0.504 e. The summed E-state index contributed by atoms with van der Waals surface area (Å²) >= 11 is 0. The molecule has 27 heavy (non-hydrogen) atoms. The Hall–Kier alpha value is -2.51. The Morgan fingerprint density at radius 3 is 2.44 bits per heavy atom. The number of hydrogen-bond donors (Lipinski definition) is 1. The van der Waals surface area contributed by atoms with Crippen LogP contribution in [-0.4, -0.2) is 30.3 Å². The molecule has 152 valence electrons. The minimum absolute atomic E-state index is 0.0249. The van der Waals surface area contributed by atoms with E-state index < -0.39 is 17.0 Å². The fraction of sp³-hybridized carbons (Fsp3) is 0.632. The third-order valence-electron chi connectivity index (χ3n) is 3.47. The molecule has 1 heterocycles. The Morgan fingerprint density at radius 2 is 1.85 bits per heavy atom. The van der Waals surface area contributed by atoms with Crippen LogP contribution in [0.4, 0.5) is 0 Å². The summed E-state index contributed by atoms with van der Waals surface area (Å²) in [6, 6.07) is 1.19. The lowest BCUT2D eigenvalue weighted by Gasteiger charge is -2.16. The van der Waals surface area contributed by atoms with E-state index in [2.05, 4.69) is 0 Å². The Kier molecular flexibility index (Phi) is 8.84. The second-order valence-corrected chi connectivity index (χ2v) is 7.00. The lowest BCUT2D eigenvalue weighted by atomic mass is 9.97. The van der Waals surface area contributed by atoms with Crippen molar-refractivity contribution in [3.8, 4) is 11.5 Å². The first kappa shape index (κ1) is 22.5. The normalized spacial score (nSPS) is 11.1. The van der Waals surface area contributed by atoms with E-state index in [1.165, 1.54) is 6.07 Å². The lowest BCUT2D eigenvalue weighted by molar-refractivity contribution is -0.155. The van der Waals surface area contributed by atoms with Crippen molar-refractivity contribution in [1.82, 2.24) is 0 Å². The van der Waals surface area contributed by atoms with Crippen molar-refractivity contribution < 1.29 is 33.3 Å². The predicted molar refractivity (Wildman–Crippen MR) is 96.5 cm³/mol. The monoisotopic (exact) mass is 384 g/mol. The van der Waals surface area contributed by atoms with Crippen LogP contribution in [0.3, 0.4) is 0 Å². The zero-order chi connectivity index (χ0) is 20.4. The van der Waals surface area contributed by atoms with Gasteiger partial charge in [-0.2, -0.15) is 0 Å². The zero-order valence-electron chi connectivity index (χ0n) is 16.3. The van der Waals surface area contributed by atoms with Gasteiger partial charge in [-0.3, -0.25) is 9.59 Å². The predicted octanol–water partition coefficient (Wildman–Crippen LogP) is 2.94. The van der Waals surface area contributed by atoms with Gasteiger partial charge in [-0.15, -0.1) is 0 Å². The summed E-state index contributed by atoms with van der Waals surface area (Å²) in [4.78, 5) is 34.9. The summed E-state index contributed by atoms with van der Waals surface area (Å²) < 4.78 is 20.2. The molecule has 1 N–H and O–H groups in total. The van der Waals surface area contributed by atoms with Gasteiger partial charge in [-0.05, 0) is 47.0 Å². The maximum atomic E-state index is 11.9. The number of hydrogen-bond acceptors (Lipinski definition) is 8. The average Bonchev–Trinajstić information content (AvgIpc) is 2.57. The van der Waals surface area contributed by atoms with E-state index in [-0.39, 0.29) is 36.4 Å². The first-order chi connectivity index (χ1) is 12.6. The highest BCUT2D eigenvalue weighted by Crippen LogP contribution is 2.24. The molecule has 8 nitrogen and oxygen atoms in total. The molecule has 0 bridgehead atoms. The molecule has 0 aromatic carbocycles. The van der Waals surface area contributed by atoms with Crippen molar-refractivity contribution in [2.45, 2.75) is 60.0 Å². The molecule has 0 fully saturated rings. The van der Waals surface area contributed by atoms with Crippen LogP contribution in [-0.2, 0) is 25.7 Å². The Morgan fingerprint density at radius 1 is 1.15 bits per heavy atom. The summed E-state index contributed by atoms with van der Waals surface area (Å²) in [5.74, 6) is -1.32. The van der Waals surface area contributed by atoms with Gasteiger partial charge in [0, 0.05) is 12.5 Å². The van der Waals surface area contributed by atoms with Crippen LogP contribution in [0, 0.1) is 5.41 Å². The van der Waals surface area contributed by atoms with E-state index in [4.69, 9.17) is 18.6 Å². The Balaban J connectivity index is 2.46. The van der Waals surface area contributed by atoms with Gasteiger partial charge < -0.3 is 23.7 Å². The molecule has 0 spiro atoms. The number of unbranched alkanes of at least 4 members (excludes halogenated alkanes) is 2. The number of rotatable bonds is 10. The number of ether oxygens (including phenoxy) is 3. The van der Waals surface area contributed by atoms with Crippen molar-refractivity contribution >= 4 is 11.9 Å². The molecule has 0 saturated heterocycles. The van der Waals surface area contributed by atoms with Gasteiger partial charge in [0.25, 0.3) is 0 Å². The van der Waals surface area contributed by atoms with Crippen molar-refractivity contribution in [3.63, 3.8) is 0 Å². The zero-order valence-corrected chi connectivity index (χ0v) is 16.3. The number of esters is 2. The van der Waals surface area contributed by atoms with Crippen LogP contribution in [0.1, 0.15) is 59.1 Å². The molecule has 1 rings (SSSR count). The molecule has 0 atom stereocenters. The second kappa shape index (κ2) is 10.6. The second-order valence-electron chi connectivity index (χ2n) is 7.00. The third-order valence-corrected chi connectivity index (χ3v) is 3.47. The van der Waals surface area contributed by atoms with E-state index in [1.54, 1.807) is 27.7 Å². The third kappa shape index (κ3) is 8.15. The van der Waals surface area contributed by atoms with E-state index in [1.807, 2.05) is 0 Å². The van der Waals surface area contributed by atoms with E-state index >= 15 is 0 Å². The van der Waals surface area contributed by atoms with Crippen LogP contribution < -0.4 is 10.4 Å². The smallest absolute Gasteiger partial charge is 0.382 e. The molecule has 0 saturated carbocycles. The highest BCUT2D eigenvalue weighted by atomic mass is 16.5. The van der Waals surface area contributed by atoms with E-state index in [0.717, 1.165) is 0 Å². The number of carbonyl (C=O) groups is 2. The van der Waals surface area contributed by atoms with E-state index in [9.17, 15) is 19.5 Å². The summed E-state index contributed by atoms with van der Waals surface area (Å²) in [5, 5.41) is 9.95. The average molecular weight is 384 g/mol. The fourth-order valence-corrected chi connectivity index (χ4v) is 2.03. The van der Waals surface area contributed by atoms with Gasteiger partial charge in [0.15, 0.2) is 5.75 Å². The van der Waals surface area contributed by atoms with E-state index in [0.29, 0.717) is 32.3 Å². The van der Waals surface area contributed by atoms with Crippen LogP contribution >= 0.6 is 0 Å². The first-order valence-electron chi connectivity index (χ1n) is 8.96. The molecule has 0 unspecified atom stereocenters. The number of carbonyl (C=O) groups excluding carboxylic acids is 2. The standard InChI is InChI=1S/C19H28O8/c1-5-24-15(21)9-7-6-8-10-25-16-14(20)11-13(27-17(16)22)12-26-18(23)19(2,3)4/h11,20H,5-10,12H2,1-4H3. The topological polar surface area (TPSA) is 112 Å². The van der Waals surface area contributed by atoms with Gasteiger partial charge in [-0.25, -0.2) is 4.79 Å².